The summed E-state index contributed by atoms with van der Waals surface area (Å²) in [7, 11) is -3.85. The molecule has 1 aliphatic heterocycles. The van der Waals surface area contributed by atoms with E-state index in [0.29, 0.717) is 13.1 Å². The van der Waals surface area contributed by atoms with E-state index >= 15 is 0 Å². The number of rotatable bonds is 5. The Morgan fingerprint density at radius 3 is 2.11 bits per heavy atom. The molecule has 0 aromatic carbocycles. The van der Waals surface area contributed by atoms with Gasteiger partial charge in [0.25, 0.3) is 10.2 Å². The molecule has 106 valence electrons. The van der Waals surface area contributed by atoms with Crippen LogP contribution in [0, 0.1) is 0 Å². The van der Waals surface area contributed by atoms with Crippen LogP contribution in [0.15, 0.2) is 0 Å². The van der Waals surface area contributed by atoms with E-state index in [1.807, 2.05) is 4.72 Å². The van der Waals surface area contributed by atoms with Gasteiger partial charge >= 0.3 is 5.97 Å². The van der Waals surface area contributed by atoms with Crippen LogP contribution in [-0.4, -0.2) is 54.1 Å². The van der Waals surface area contributed by atoms with Gasteiger partial charge in [-0.3, -0.25) is 4.79 Å². The molecular formula is C10H20N2O5S. The van der Waals surface area contributed by atoms with Crippen molar-refractivity contribution in [2.75, 3.05) is 13.1 Å². The van der Waals surface area contributed by atoms with Crippen LogP contribution in [0.5, 0.6) is 0 Å². The first-order valence-corrected chi connectivity index (χ1v) is 7.47. The third kappa shape index (κ3) is 4.20. The van der Waals surface area contributed by atoms with Crippen molar-refractivity contribution in [2.24, 2.45) is 0 Å². The molecule has 1 saturated heterocycles. The van der Waals surface area contributed by atoms with Gasteiger partial charge in [0.2, 0.25) is 0 Å². The lowest BCUT2D eigenvalue weighted by atomic mass is 10.2. The fourth-order valence-corrected chi connectivity index (χ4v) is 3.38. The van der Waals surface area contributed by atoms with Crippen LogP contribution in [0.25, 0.3) is 0 Å². The zero-order valence-corrected chi connectivity index (χ0v) is 11.2. The molecule has 7 nitrogen and oxygen atoms in total. The largest absolute Gasteiger partial charge is 0.480 e. The van der Waals surface area contributed by atoms with E-state index in [1.54, 1.807) is 0 Å². The lowest BCUT2D eigenvalue weighted by Crippen LogP contribution is -2.52. The van der Waals surface area contributed by atoms with Crippen molar-refractivity contribution in [1.82, 2.24) is 9.03 Å². The summed E-state index contributed by atoms with van der Waals surface area (Å²) in [5.74, 6) is -1.39. The van der Waals surface area contributed by atoms with Gasteiger partial charge in [0.05, 0.1) is 6.10 Å². The summed E-state index contributed by atoms with van der Waals surface area (Å²) < 4.78 is 27.3. The van der Waals surface area contributed by atoms with E-state index in [1.165, 1.54) is 11.2 Å². The van der Waals surface area contributed by atoms with E-state index in [2.05, 4.69) is 0 Å². The second-order valence-electron chi connectivity index (χ2n) is 4.49. The topological polar surface area (TPSA) is 107 Å². The minimum absolute atomic E-state index is 0.390. The van der Waals surface area contributed by atoms with E-state index in [-0.39, 0.29) is 0 Å². The second kappa shape index (κ2) is 6.46. The highest BCUT2D eigenvalue weighted by atomic mass is 32.2. The number of nitrogens with one attached hydrogen (secondary N) is 1. The number of hydrogen-bond donors (Lipinski definition) is 3. The van der Waals surface area contributed by atoms with Gasteiger partial charge in [0, 0.05) is 13.1 Å². The van der Waals surface area contributed by atoms with Crippen molar-refractivity contribution >= 4 is 16.2 Å². The van der Waals surface area contributed by atoms with E-state index in [4.69, 9.17) is 5.11 Å². The van der Waals surface area contributed by atoms with Crippen LogP contribution < -0.4 is 4.72 Å². The molecule has 0 saturated carbocycles. The molecule has 0 radical (unpaired) electrons. The molecule has 3 N–H and O–H groups in total. The van der Waals surface area contributed by atoms with Crippen LogP contribution in [0.3, 0.4) is 0 Å². The van der Waals surface area contributed by atoms with Gasteiger partial charge in [-0.2, -0.15) is 17.4 Å². The maximum Gasteiger partial charge on any atom is 0.324 e. The number of carboxylic acid groups (broad SMARTS) is 1. The zero-order valence-electron chi connectivity index (χ0n) is 10.4. The zero-order chi connectivity index (χ0) is 13.8. The molecule has 1 fully saturated rings. The molecule has 0 spiro atoms. The third-order valence-electron chi connectivity index (χ3n) is 2.93. The van der Waals surface area contributed by atoms with Crippen molar-refractivity contribution in [2.45, 2.75) is 44.8 Å². The molecule has 1 rings (SSSR count). The molecule has 0 aromatic rings. The minimum Gasteiger partial charge on any atom is -0.480 e. The van der Waals surface area contributed by atoms with Crippen LogP contribution in [0.2, 0.25) is 0 Å². The Bertz CT molecular complexity index is 374. The molecule has 0 bridgehead atoms. The average Bonchev–Trinajstić information content (AvgIpc) is 2.54. The molecule has 8 heteroatoms. The van der Waals surface area contributed by atoms with Crippen LogP contribution in [0.4, 0.5) is 0 Å². The quantitative estimate of drug-likeness (QED) is 0.631. The van der Waals surface area contributed by atoms with Crippen molar-refractivity contribution in [3.8, 4) is 0 Å². The number of aliphatic hydroxyl groups is 1. The van der Waals surface area contributed by atoms with Crippen LogP contribution in [-0.2, 0) is 15.0 Å². The smallest absolute Gasteiger partial charge is 0.324 e. The molecule has 0 aliphatic carbocycles. The summed E-state index contributed by atoms with van der Waals surface area (Å²) in [6.45, 7) is 2.02. The Kier molecular flexibility index (Phi) is 5.51. The number of aliphatic carboxylic acids is 1. The number of aliphatic hydroxyl groups excluding tert-OH is 1. The SMILES string of the molecule is C[C@@H](O)[C@H](NS(=O)(=O)N1CCCCCC1)C(=O)O. The lowest BCUT2D eigenvalue weighted by Gasteiger charge is -2.24. The Balaban J connectivity index is 2.75. The highest BCUT2D eigenvalue weighted by Crippen LogP contribution is 2.13. The van der Waals surface area contributed by atoms with Crippen molar-refractivity contribution in [1.29, 1.82) is 0 Å². The standard InChI is InChI=1S/C10H20N2O5S/c1-8(13)9(10(14)15)11-18(16,17)12-6-4-2-3-5-7-12/h8-9,11,13H,2-7H2,1H3,(H,14,15)/t8-,9+/m1/s1. The normalized spacial score (nSPS) is 22.1. The number of nitrogens with zero attached hydrogens (tertiary/aromatic N) is 1. The second-order valence-corrected chi connectivity index (χ2v) is 6.19. The van der Waals surface area contributed by atoms with Crippen LogP contribution >= 0.6 is 0 Å². The maximum absolute atomic E-state index is 12.0. The van der Waals surface area contributed by atoms with Gasteiger partial charge in [-0.15, -0.1) is 0 Å². The maximum atomic E-state index is 12.0. The molecule has 0 amide bonds. The van der Waals surface area contributed by atoms with Gasteiger partial charge < -0.3 is 10.2 Å². The van der Waals surface area contributed by atoms with Crippen molar-refractivity contribution in [3.05, 3.63) is 0 Å². The first-order valence-electron chi connectivity index (χ1n) is 6.03. The number of carboxylic acids is 1. The summed E-state index contributed by atoms with van der Waals surface area (Å²) in [6.07, 6.45) is 2.21. The summed E-state index contributed by atoms with van der Waals surface area (Å²) in [5, 5.41) is 18.1. The third-order valence-corrected chi connectivity index (χ3v) is 4.53. The van der Waals surface area contributed by atoms with E-state index in [0.717, 1.165) is 25.7 Å². The van der Waals surface area contributed by atoms with Gasteiger partial charge in [-0.1, -0.05) is 12.8 Å². The van der Waals surface area contributed by atoms with Gasteiger partial charge in [-0.05, 0) is 19.8 Å². The first-order chi connectivity index (χ1) is 8.34. The fraction of sp³-hybridized carbons (Fsp3) is 0.900. The fourth-order valence-electron chi connectivity index (χ4n) is 1.87. The Morgan fingerprint density at radius 1 is 1.22 bits per heavy atom. The summed E-state index contributed by atoms with van der Waals surface area (Å²) in [4.78, 5) is 10.9. The molecule has 18 heavy (non-hydrogen) atoms. The molecule has 0 aromatic heterocycles. The molecule has 2 atom stereocenters. The predicted molar refractivity (Wildman–Crippen MR) is 65.2 cm³/mol. The minimum atomic E-state index is -3.85. The first kappa shape index (κ1) is 15.4. The molecule has 0 unspecified atom stereocenters. The van der Waals surface area contributed by atoms with Crippen LogP contribution in [0.1, 0.15) is 32.6 Å². The molecule has 1 heterocycles. The van der Waals surface area contributed by atoms with Crippen molar-refractivity contribution in [3.63, 3.8) is 0 Å². The van der Waals surface area contributed by atoms with Gasteiger partial charge in [0.15, 0.2) is 0 Å². The Morgan fingerprint density at radius 2 is 1.72 bits per heavy atom. The van der Waals surface area contributed by atoms with Gasteiger partial charge in [-0.25, -0.2) is 0 Å². The highest BCUT2D eigenvalue weighted by Gasteiger charge is 2.32. The molecule has 1 aliphatic rings. The predicted octanol–water partition coefficient (Wildman–Crippen LogP) is -0.469. The summed E-state index contributed by atoms with van der Waals surface area (Å²) in [6, 6.07) is -1.52. The Hall–Kier alpha value is -0.700. The lowest BCUT2D eigenvalue weighted by molar-refractivity contribution is -0.141. The Labute approximate surface area is 107 Å². The summed E-state index contributed by atoms with van der Waals surface area (Å²) >= 11 is 0. The number of carbonyl (C=O) groups is 1. The molecular weight excluding hydrogens is 260 g/mol. The van der Waals surface area contributed by atoms with E-state index < -0.39 is 28.3 Å². The highest BCUT2D eigenvalue weighted by molar-refractivity contribution is 7.87. The summed E-state index contributed by atoms with van der Waals surface area (Å²) in [5.41, 5.74) is 0. The average molecular weight is 280 g/mol. The van der Waals surface area contributed by atoms with Gasteiger partial charge in [0.1, 0.15) is 6.04 Å². The number of hydrogen-bond acceptors (Lipinski definition) is 4. The monoisotopic (exact) mass is 280 g/mol. The van der Waals surface area contributed by atoms with Crippen molar-refractivity contribution < 1.29 is 23.4 Å². The van der Waals surface area contributed by atoms with E-state index in [9.17, 15) is 18.3 Å².